The summed E-state index contributed by atoms with van der Waals surface area (Å²) >= 11 is 0. The number of aromatic nitrogens is 1. The third-order valence-corrected chi connectivity index (χ3v) is 8.49. The normalized spacial score (nSPS) is 14.8. The van der Waals surface area contributed by atoms with E-state index < -0.39 is 12.7 Å². The van der Waals surface area contributed by atoms with Crippen LogP contribution in [-0.4, -0.2) is 0 Å². The molecule has 0 N–H and O–H groups in total. The molecule has 40 heavy (non-hydrogen) atoms. The number of fused-ring (bicyclic) bond motifs is 6. The second kappa shape index (κ2) is 8.37. The molecule has 0 unspecified atom stereocenters. The number of nitrogens with zero attached hydrogens (tertiary/aromatic N) is 2. The molecule has 0 fully saturated rings. The summed E-state index contributed by atoms with van der Waals surface area (Å²) < 4.78 is 46.6. The molecule has 4 heteroatoms. The summed E-state index contributed by atoms with van der Waals surface area (Å²) in [5.74, 6) is -0.789. The van der Waals surface area contributed by atoms with E-state index in [1.54, 1.807) is 11.6 Å². The van der Waals surface area contributed by atoms with Crippen molar-refractivity contribution in [2.24, 2.45) is 7.05 Å². The van der Waals surface area contributed by atoms with E-state index in [2.05, 4.69) is 62.4 Å². The van der Waals surface area contributed by atoms with Gasteiger partial charge in [-0.2, -0.15) is 9.83 Å². The van der Waals surface area contributed by atoms with Crippen molar-refractivity contribution in [1.82, 2.24) is 0 Å². The van der Waals surface area contributed by atoms with E-state index in [1.807, 2.05) is 31.2 Å². The van der Waals surface area contributed by atoms with Gasteiger partial charge in [0.2, 0.25) is 11.9 Å². The molecule has 3 nitrogen and oxygen atoms in total. The van der Waals surface area contributed by atoms with E-state index in [0.29, 0.717) is 33.6 Å². The van der Waals surface area contributed by atoms with Gasteiger partial charge in [0.15, 0.2) is 5.82 Å². The Hall–Kier alpha value is -4.75. The van der Waals surface area contributed by atoms with Crippen LogP contribution >= 0.6 is 0 Å². The lowest BCUT2D eigenvalue weighted by Gasteiger charge is -2.22. The van der Waals surface area contributed by atoms with Crippen molar-refractivity contribution >= 4 is 21.9 Å². The highest BCUT2D eigenvalue weighted by Gasteiger charge is 2.35. The molecular weight excluding hydrogens is 495 g/mol. The van der Waals surface area contributed by atoms with E-state index >= 15 is 0 Å². The summed E-state index contributed by atoms with van der Waals surface area (Å²) in [7, 11) is 1.69. The Morgan fingerprint density at radius 1 is 0.875 bits per heavy atom. The SMILES string of the molecule is [2H]C([2H])([2H])c1cc(-c2c(C)ccc3c2oc2c(-c4ccc5c(c4)C(C)(C)c4ccccc4-5)c(C#N)ccc23)[n+](C)cc1F. The summed E-state index contributed by atoms with van der Waals surface area (Å²) in [6.45, 7) is 3.75. The molecule has 7 rings (SSSR count). The lowest BCUT2D eigenvalue weighted by molar-refractivity contribution is -0.662. The molecule has 0 radical (unpaired) electrons. The van der Waals surface area contributed by atoms with Gasteiger partial charge in [-0.3, -0.25) is 0 Å². The van der Waals surface area contributed by atoms with Crippen LogP contribution in [0.3, 0.4) is 0 Å². The molecule has 1 aliphatic rings. The first-order valence-electron chi connectivity index (χ1n) is 14.8. The van der Waals surface area contributed by atoms with Gasteiger partial charge in [0, 0.05) is 31.9 Å². The largest absolute Gasteiger partial charge is 0.454 e. The Kier molecular flexibility index (Phi) is 4.42. The lowest BCUT2D eigenvalue weighted by Crippen LogP contribution is -2.31. The van der Waals surface area contributed by atoms with Crippen LogP contribution < -0.4 is 4.57 Å². The molecule has 194 valence electrons. The zero-order chi connectivity index (χ0) is 30.4. The van der Waals surface area contributed by atoms with Crippen LogP contribution in [0.5, 0.6) is 0 Å². The molecule has 0 aliphatic heterocycles. The molecule has 1 aliphatic carbocycles. The first-order chi connectivity index (χ1) is 20.4. The molecular formula is C36H28FN2O+. The Balaban J connectivity index is 1.51. The van der Waals surface area contributed by atoms with Crippen LogP contribution in [-0.2, 0) is 12.5 Å². The van der Waals surface area contributed by atoms with Crippen molar-refractivity contribution in [3.8, 4) is 39.6 Å². The van der Waals surface area contributed by atoms with Crippen LogP contribution in [0.4, 0.5) is 4.39 Å². The topological polar surface area (TPSA) is 40.8 Å². The Labute approximate surface area is 237 Å². The predicted molar refractivity (Wildman–Crippen MR) is 157 cm³/mol. The van der Waals surface area contributed by atoms with Crippen molar-refractivity contribution < 1.29 is 17.5 Å². The van der Waals surface area contributed by atoms with Crippen molar-refractivity contribution in [3.05, 3.63) is 113 Å². The molecule has 0 saturated heterocycles. The van der Waals surface area contributed by atoms with Crippen molar-refractivity contribution in [2.45, 2.75) is 33.0 Å². The maximum atomic E-state index is 14.7. The van der Waals surface area contributed by atoms with Gasteiger partial charge in [0.1, 0.15) is 18.2 Å². The Morgan fingerprint density at radius 2 is 1.60 bits per heavy atom. The number of hydrogen-bond acceptors (Lipinski definition) is 2. The summed E-state index contributed by atoms with van der Waals surface area (Å²) in [5, 5.41) is 11.9. The molecule has 2 heterocycles. The third kappa shape index (κ3) is 3.24. The van der Waals surface area contributed by atoms with Gasteiger partial charge in [-0.1, -0.05) is 62.4 Å². The number of hydrogen-bond donors (Lipinski definition) is 0. The first-order valence-corrected chi connectivity index (χ1v) is 13.3. The van der Waals surface area contributed by atoms with Crippen molar-refractivity contribution in [2.75, 3.05) is 0 Å². The molecule has 0 saturated carbocycles. The average Bonchev–Trinajstić information content (AvgIpc) is 3.44. The van der Waals surface area contributed by atoms with E-state index in [1.165, 1.54) is 34.5 Å². The molecule has 0 spiro atoms. The van der Waals surface area contributed by atoms with Gasteiger partial charge in [-0.05, 0) is 70.9 Å². The average molecular weight is 527 g/mol. The second-order valence-electron chi connectivity index (χ2n) is 11.2. The zero-order valence-corrected chi connectivity index (χ0v) is 22.7. The van der Waals surface area contributed by atoms with Crippen LogP contribution in [0.25, 0.3) is 55.4 Å². The third-order valence-electron chi connectivity index (χ3n) is 8.49. The molecule has 0 amide bonds. The van der Waals surface area contributed by atoms with Gasteiger partial charge in [0.05, 0.1) is 17.2 Å². The standard InChI is InChI=1S/C36H28FN2O/c1-20-10-13-26-27-15-12-23(18-38)33(35(27)40-34(26)32(20)31-16-21(2)30(37)19-39(31)5)22-11-14-25-24-8-6-7-9-28(24)36(3,4)29(25)17-22/h6-17,19H,1-5H3/q+1/i2D3. The number of pyridine rings is 1. The maximum absolute atomic E-state index is 14.7. The van der Waals surface area contributed by atoms with Gasteiger partial charge in [0.25, 0.3) is 0 Å². The summed E-state index contributed by atoms with van der Waals surface area (Å²) in [6.07, 6.45) is 1.20. The van der Waals surface area contributed by atoms with E-state index in [0.717, 1.165) is 21.9 Å². The number of aryl methyl sites for hydroxylation is 3. The zero-order valence-electron chi connectivity index (χ0n) is 25.7. The number of furan rings is 1. The molecule has 4 aromatic carbocycles. The Morgan fingerprint density at radius 3 is 2.38 bits per heavy atom. The summed E-state index contributed by atoms with van der Waals surface area (Å²) in [6, 6.07) is 26.2. The molecule has 0 atom stereocenters. The minimum atomic E-state index is -2.61. The monoisotopic (exact) mass is 526 g/mol. The van der Waals surface area contributed by atoms with Gasteiger partial charge in [-0.25, -0.2) is 4.39 Å². The van der Waals surface area contributed by atoms with Crippen molar-refractivity contribution in [1.29, 1.82) is 5.26 Å². The smallest absolute Gasteiger partial charge is 0.216 e. The van der Waals surface area contributed by atoms with Crippen LogP contribution in [0.1, 0.15) is 45.8 Å². The molecule has 6 aromatic rings. The number of benzene rings is 4. The second-order valence-corrected chi connectivity index (χ2v) is 11.2. The molecule has 0 bridgehead atoms. The van der Waals surface area contributed by atoms with Crippen LogP contribution in [0, 0.1) is 30.9 Å². The summed E-state index contributed by atoms with van der Waals surface area (Å²) in [4.78, 5) is 0. The minimum Gasteiger partial charge on any atom is -0.454 e. The summed E-state index contributed by atoms with van der Waals surface area (Å²) in [5.41, 5.74) is 9.59. The fraction of sp³-hybridized carbons (Fsp3) is 0.167. The fourth-order valence-corrected chi connectivity index (χ4v) is 6.43. The highest BCUT2D eigenvalue weighted by Crippen LogP contribution is 2.50. The quantitative estimate of drug-likeness (QED) is 0.212. The minimum absolute atomic E-state index is 0.210. The van der Waals surface area contributed by atoms with Crippen molar-refractivity contribution in [3.63, 3.8) is 0 Å². The van der Waals surface area contributed by atoms with Gasteiger partial charge in [-0.15, -0.1) is 0 Å². The maximum Gasteiger partial charge on any atom is 0.216 e. The highest BCUT2D eigenvalue weighted by atomic mass is 19.1. The number of rotatable bonds is 2. The molecule has 2 aromatic heterocycles. The lowest BCUT2D eigenvalue weighted by atomic mass is 9.81. The van der Waals surface area contributed by atoms with E-state index in [-0.39, 0.29) is 11.0 Å². The van der Waals surface area contributed by atoms with Crippen LogP contribution in [0.15, 0.2) is 83.4 Å². The van der Waals surface area contributed by atoms with E-state index in [4.69, 9.17) is 8.53 Å². The fourth-order valence-electron chi connectivity index (χ4n) is 6.43. The number of nitriles is 1. The Bertz CT molecular complexity index is 2200. The van der Waals surface area contributed by atoms with Gasteiger partial charge < -0.3 is 4.42 Å². The van der Waals surface area contributed by atoms with Gasteiger partial charge >= 0.3 is 0 Å². The van der Waals surface area contributed by atoms with Crippen LogP contribution in [0.2, 0.25) is 0 Å². The first kappa shape index (κ1) is 21.1. The highest BCUT2D eigenvalue weighted by molar-refractivity contribution is 6.14. The predicted octanol–water partition coefficient (Wildman–Crippen LogP) is 8.68. The number of halogens is 1. The van der Waals surface area contributed by atoms with E-state index in [9.17, 15) is 9.65 Å².